The van der Waals surface area contributed by atoms with Gasteiger partial charge < -0.3 is 61.5 Å². The molecule has 1 saturated heterocycles. The molecule has 0 aromatic heterocycles. The van der Waals surface area contributed by atoms with Crippen molar-refractivity contribution in [3.8, 4) is 11.3 Å². The van der Waals surface area contributed by atoms with Gasteiger partial charge in [-0.15, -0.1) is 5.06 Å². The summed E-state index contributed by atoms with van der Waals surface area (Å²) in [4.78, 5) is 41.4. The van der Waals surface area contributed by atoms with Crippen LogP contribution in [0, 0.1) is 0 Å². The summed E-state index contributed by atoms with van der Waals surface area (Å²) in [5.41, 5.74) is 2.06. The lowest BCUT2D eigenvalue weighted by Gasteiger charge is -2.30. The Hall–Kier alpha value is -5.13. The van der Waals surface area contributed by atoms with Crippen molar-refractivity contribution < 1.29 is 110 Å². The van der Waals surface area contributed by atoms with Crippen LogP contribution in [0.25, 0.3) is 17.4 Å². The number of carbonyl (C=O) groups is 3. The molecule has 27 nitrogen and oxygen atoms in total. The molecule has 0 radical (unpaired) electrons. The fraction of sp³-hybridized carbons (Fsp3) is 0.627. The van der Waals surface area contributed by atoms with E-state index in [4.69, 9.17) is 56.6 Å². The van der Waals surface area contributed by atoms with Gasteiger partial charge in [0.1, 0.15) is 24.7 Å². The standard InChI is InChI=1S/C59H87N3O24S3/c1-58(2,3)50-44-47(85-53-43-46(11-13-49(50)53)60(19-8-42-88(69,70)71)20-23-77-28-31-81-36-39-83-34-33-79-26-25-75-5)9-6-10-54-59(4,18-7-41-87(66,67)68)51-45-48(89(72,73)74)12-14-52(51)61(54)21-24-78-29-32-82-37-40-84-38-35-80-30-27-76-22-17-57(65)86-62-55(63)15-16-56(62)64/h6,9-14,43-45H,7-8,15-42H2,1-5H3,(H2-,66,67,68,69,70,71,72,73,74)/p+1. The second-order valence-corrected chi connectivity index (χ2v) is 26.4. The molecule has 500 valence electrons. The molecule has 1 aromatic rings. The highest BCUT2D eigenvalue weighted by atomic mass is 32.2. The summed E-state index contributed by atoms with van der Waals surface area (Å²) in [6.07, 6.45) is 5.50. The lowest BCUT2D eigenvalue weighted by Crippen LogP contribution is -2.35. The fourth-order valence-corrected chi connectivity index (χ4v) is 11.1. The maximum atomic E-state index is 12.5. The predicted octanol–water partition coefficient (Wildman–Crippen LogP) is 4.11. The number of benzene rings is 2. The van der Waals surface area contributed by atoms with Crippen molar-refractivity contribution in [2.24, 2.45) is 0 Å². The first-order valence-electron chi connectivity index (χ1n) is 29.4. The predicted molar refractivity (Wildman–Crippen MR) is 325 cm³/mol. The summed E-state index contributed by atoms with van der Waals surface area (Å²) in [6, 6.07) is 11.9. The Morgan fingerprint density at radius 3 is 1.70 bits per heavy atom. The molecule has 3 N–H and O–H groups in total. The third-order valence-corrected chi connectivity index (χ3v) is 16.5. The van der Waals surface area contributed by atoms with E-state index >= 15 is 0 Å². The summed E-state index contributed by atoms with van der Waals surface area (Å²) in [7, 11) is -11.7. The molecule has 0 bridgehead atoms. The third-order valence-electron chi connectivity index (χ3n) is 14.0. The van der Waals surface area contributed by atoms with Crippen LogP contribution < -0.4 is 14.8 Å². The van der Waals surface area contributed by atoms with Gasteiger partial charge >= 0.3 is 5.97 Å². The van der Waals surface area contributed by atoms with Gasteiger partial charge in [0.05, 0.1) is 148 Å². The van der Waals surface area contributed by atoms with Gasteiger partial charge in [-0.3, -0.25) is 23.2 Å². The smallest absolute Gasteiger partial charge is 0.335 e. The number of anilines is 1. The van der Waals surface area contributed by atoms with Gasteiger partial charge in [0, 0.05) is 61.3 Å². The first kappa shape index (κ1) is 74.6. The van der Waals surface area contributed by atoms with Crippen LogP contribution in [0.4, 0.5) is 5.69 Å². The van der Waals surface area contributed by atoms with E-state index in [-0.39, 0.29) is 135 Å². The molecular weight excluding hydrogens is 1230 g/mol. The molecule has 4 aliphatic rings. The van der Waals surface area contributed by atoms with Gasteiger partial charge in [0.15, 0.2) is 6.54 Å². The Kier molecular flexibility index (Phi) is 31.3. The number of hydrogen-bond donors (Lipinski definition) is 3. The minimum atomic E-state index is -4.67. The number of amides is 2. The number of carbonyl (C=O) groups excluding carboxylic acids is 3. The molecule has 3 aliphatic heterocycles. The van der Waals surface area contributed by atoms with E-state index in [1.165, 1.54) is 12.1 Å². The van der Waals surface area contributed by atoms with Gasteiger partial charge in [0.25, 0.3) is 42.2 Å². The Bertz CT molecular complexity index is 3160. The molecule has 89 heavy (non-hydrogen) atoms. The topological polar surface area (TPSA) is 338 Å². The average molecular weight is 1320 g/mol. The Morgan fingerprint density at radius 2 is 1.17 bits per heavy atom. The van der Waals surface area contributed by atoms with Crippen molar-refractivity contribution in [1.82, 2.24) is 9.64 Å². The van der Waals surface area contributed by atoms with Gasteiger partial charge in [-0.05, 0) is 78.8 Å². The number of hydrogen-bond acceptors (Lipinski definition) is 22. The minimum absolute atomic E-state index is 0.00849. The van der Waals surface area contributed by atoms with Crippen LogP contribution in [0.1, 0.15) is 83.1 Å². The van der Waals surface area contributed by atoms with Crippen LogP contribution in [-0.2, 0) is 108 Å². The third kappa shape index (κ3) is 26.6. The van der Waals surface area contributed by atoms with Gasteiger partial charge in [-0.25, -0.2) is 9.37 Å². The molecule has 1 unspecified atom stereocenters. The normalized spacial score (nSPS) is 16.7. The van der Waals surface area contributed by atoms with E-state index in [9.17, 15) is 53.3 Å². The van der Waals surface area contributed by atoms with Crippen molar-refractivity contribution in [1.29, 1.82) is 0 Å². The van der Waals surface area contributed by atoms with Crippen LogP contribution in [0.3, 0.4) is 0 Å². The van der Waals surface area contributed by atoms with Crippen molar-refractivity contribution in [2.75, 3.05) is 169 Å². The van der Waals surface area contributed by atoms with Crippen molar-refractivity contribution in [2.45, 2.75) is 81.9 Å². The van der Waals surface area contributed by atoms with Crippen molar-refractivity contribution in [3.05, 3.63) is 82.6 Å². The monoisotopic (exact) mass is 1320 g/mol. The lowest BCUT2D eigenvalue weighted by atomic mass is 9.77. The van der Waals surface area contributed by atoms with Gasteiger partial charge in [-0.1, -0.05) is 26.8 Å². The van der Waals surface area contributed by atoms with E-state index in [1.807, 2.05) is 46.7 Å². The first-order chi connectivity index (χ1) is 42.3. The average Bonchev–Trinajstić information content (AvgIpc) is 1.62. The second kappa shape index (κ2) is 37.4. The Morgan fingerprint density at radius 1 is 0.652 bits per heavy atom. The number of imide groups is 1. The summed E-state index contributed by atoms with van der Waals surface area (Å²) in [5, 5.41) is 1.20. The maximum Gasteiger partial charge on any atom is 0.335 e. The molecule has 1 aliphatic carbocycles. The molecule has 1 fully saturated rings. The Balaban J connectivity index is 1.24. The van der Waals surface area contributed by atoms with Gasteiger partial charge in [-0.2, -0.15) is 25.3 Å². The number of methoxy groups -OCH3 is 1. The highest BCUT2D eigenvalue weighted by Crippen LogP contribution is 2.51. The molecular formula is C59H88N3O24S3+. The van der Waals surface area contributed by atoms with Crippen LogP contribution in [-0.4, -0.2) is 226 Å². The minimum Gasteiger partial charge on any atom is -0.456 e. The summed E-state index contributed by atoms with van der Waals surface area (Å²) in [5.74, 6) is -1.88. The summed E-state index contributed by atoms with van der Waals surface area (Å²) < 4.78 is 166. The zero-order valence-electron chi connectivity index (χ0n) is 51.5. The van der Waals surface area contributed by atoms with Crippen LogP contribution >= 0.6 is 0 Å². The lowest BCUT2D eigenvalue weighted by molar-refractivity contribution is -0.198. The SMILES string of the molecule is COCCOCCOCCOCCOCC[N+](CCCS(=O)(=O)O)=c1ccc2c(C(C)(C)C)cc(/C=C/C=C3/N(CCOCCOCCOCCOCCOCCC(=O)ON4C(=O)CCC4=O)c4ccc(S(=O)(=O)O)cc4C3(C)CCCS(=O)(=O)O)oc-2c1. The Labute approximate surface area is 521 Å². The number of fused-ring (bicyclic) bond motifs is 2. The second-order valence-electron chi connectivity index (χ2n) is 21.9. The van der Waals surface area contributed by atoms with E-state index in [1.54, 1.807) is 25.3 Å². The largest absolute Gasteiger partial charge is 0.456 e. The number of ether oxygens (including phenoxy) is 10. The molecule has 5 rings (SSSR count). The molecule has 30 heteroatoms. The zero-order valence-corrected chi connectivity index (χ0v) is 53.9. The molecule has 1 aromatic carbocycles. The van der Waals surface area contributed by atoms with Crippen molar-refractivity contribution in [3.63, 3.8) is 0 Å². The quantitative estimate of drug-likeness (QED) is 0.0310. The first-order valence-corrected chi connectivity index (χ1v) is 34.1. The molecule has 0 spiro atoms. The molecule has 2 amide bonds. The van der Waals surface area contributed by atoms with Crippen molar-refractivity contribution >= 4 is 59.9 Å². The molecule has 3 heterocycles. The number of rotatable bonds is 45. The number of nitrogens with zero attached hydrogens (tertiary/aromatic N) is 3. The maximum absolute atomic E-state index is 12.5. The highest BCUT2D eigenvalue weighted by molar-refractivity contribution is 7.86. The highest BCUT2D eigenvalue weighted by Gasteiger charge is 2.44. The number of allylic oxidation sites excluding steroid dienone is 3. The molecule has 0 saturated carbocycles. The number of hydroxylamine groups is 2. The van der Waals surface area contributed by atoms with Gasteiger partial charge in [0.2, 0.25) is 5.36 Å². The van der Waals surface area contributed by atoms with E-state index in [0.717, 1.165) is 11.1 Å². The van der Waals surface area contributed by atoms with Crippen LogP contribution in [0.15, 0.2) is 69.6 Å². The molecule has 1 atom stereocenters. The summed E-state index contributed by atoms with van der Waals surface area (Å²) >= 11 is 0. The van der Waals surface area contributed by atoms with E-state index in [0.29, 0.717) is 98.3 Å². The van der Waals surface area contributed by atoms with Crippen LogP contribution in [0.5, 0.6) is 0 Å². The van der Waals surface area contributed by atoms with Crippen LogP contribution in [0.2, 0.25) is 0 Å². The van der Waals surface area contributed by atoms with E-state index < -0.39 is 65.1 Å². The summed E-state index contributed by atoms with van der Waals surface area (Å²) in [6.45, 7) is 14.7. The fourth-order valence-electron chi connectivity index (χ4n) is 9.62. The van der Waals surface area contributed by atoms with E-state index in [2.05, 4.69) is 20.8 Å². The zero-order chi connectivity index (χ0) is 64.9.